The summed E-state index contributed by atoms with van der Waals surface area (Å²) in [6.07, 6.45) is 2.77. The number of ether oxygens (including phenoxy) is 1. The van der Waals surface area contributed by atoms with Gasteiger partial charge in [0.1, 0.15) is 18.2 Å². The Labute approximate surface area is 165 Å². The predicted molar refractivity (Wildman–Crippen MR) is 111 cm³/mol. The summed E-state index contributed by atoms with van der Waals surface area (Å²) in [4.78, 5) is 16.7. The number of amides is 1. The summed E-state index contributed by atoms with van der Waals surface area (Å²) in [6.45, 7) is 6.12. The molecule has 1 aliphatic carbocycles. The summed E-state index contributed by atoms with van der Waals surface area (Å²) in [5.41, 5.74) is 4.59. The van der Waals surface area contributed by atoms with Crippen LogP contribution in [0.4, 0.5) is 0 Å². The Morgan fingerprint density at radius 2 is 2.00 bits per heavy atom. The van der Waals surface area contributed by atoms with Gasteiger partial charge in [0, 0.05) is 18.9 Å². The molecule has 0 saturated heterocycles. The van der Waals surface area contributed by atoms with Crippen LogP contribution in [0.25, 0.3) is 11.0 Å². The van der Waals surface area contributed by atoms with E-state index in [0.717, 1.165) is 48.4 Å². The molecule has 0 bridgehead atoms. The number of carbonyl (C=O) groups excluding carboxylic acids is 1. The maximum absolute atomic E-state index is 11.9. The molecule has 1 N–H and O–H groups in total. The second-order valence-corrected chi connectivity index (χ2v) is 7.58. The SMILES string of the molecule is Cc1ccc(OCCn2c(CCNC(=O)C3CC3)nc3ccccc32)cc1C. The standard InChI is InChI=1S/C23H27N3O2/c1-16-7-10-19(15-17(16)2)28-14-13-26-21-6-4-3-5-20(21)25-22(26)11-12-24-23(27)18-8-9-18/h3-7,10,15,18H,8-9,11-14H2,1-2H3,(H,24,27). The number of hydrogen-bond acceptors (Lipinski definition) is 3. The van der Waals surface area contributed by atoms with Gasteiger partial charge in [0.05, 0.1) is 17.6 Å². The van der Waals surface area contributed by atoms with E-state index in [1.807, 2.05) is 24.3 Å². The fourth-order valence-corrected chi connectivity index (χ4v) is 3.41. The molecule has 0 unspecified atom stereocenters. The Morgan fingerprint density at radius 1 is 1.18 bits per heavy atom. The normalized spacial score (nSPS) is 13.6. The van der Waals surface area contributed by atoms with Crippen LogP contribution in [0.2, 0.25) is 0 Å². The highest BCUT2D eigenvalue weighted by atomic mass is 16.5. The minimum Gasteiger partial charge on any atom is -0.492 e. The number of imidazole rings is 1. The lowest BCUT2D eigenvalue weighted by Crippen LogP contribution is -2.27. The molecule has 146 valence electrons. The number of carbonyl (C=O) groups is 1. The van der Waals surface area contributed by atoms with Crippen LogP contribution in [0.1, 0.15) is 29.8 Å². The van der Waals surface area contributed by atoms with Gasteiger partial charge in [-0.1, -0.05) is 18.2 Å². The van der Waals surface area contributed by atoms with Crippen LogP contribution in [0.15, 0.2) is 42.5 Å². The molecule has 5 heteroatoms. The van der Waals surface area contributed by atoms with Crippen molar-refractivity contribution in [3.63, 3.8) is 0 Å². The van der Waals surface area contributed by atoms with Crippen molar-refractivity contribution < 1.29 is 9.53 Å². The quantitative estimate of drug-likeness (QED) is 0.650. The van der Waals surface area contributed by atoms with Crippen molar-refractivity contribution >= 4 is 16.9 Å². The van der Waals surface area contributed by atoms with Gasteiger partial charge in [-0.25, -0.2) is 4.98 Å². The fourth-order valence-electron chi connectivity index (χ4n) is 3.41. The van der Waals surface area contributed by atoms with Gasteiger partial charge in [-0.3, -0.25) is 4.79 Å². The van der Waals surface area contributed by atoms with Crippen LogP contribution in [-0.2, 0) is 17.8 Å². The van der Waals surface area contributed by atoms with Crippen molar-refractivity contribution in [3.8, 4) is 5.75 Å². The second-order valence-electron chi connectivity index (χ2n) is 7.58. The van der Waals surface area contributed by atoms with Gasteiger partial charge in [0.2, 0.25) is 5.91 Å². The van der Waals surface area contributed by atoms with Crippen LogP contribution >= 0.6 is 0 Å². The van der Waals surface area contributed by atoms with Gasteiger partial charge in [-0.15, -0.1) is 0 Å². The molecule has 28 heavy (non-hydrogen) atoms. The first-order valence-corrected chi connectivity index (χ1v) is 10.0. The Kier molecular flexibility index (Phi) is 5.33. The van der Waals surface area contributed by atoms with E-state index in [9.17, 15) is 4.79 Å². The van der Waals surface area contributed by atoms with E-state index in [1.165, 1.54) is 11.1 Å². The van der Waals surface area contributed by atoms with Crippen molar-refractivity contribution in [2.24, 2.45) is 5.92 Å². The number of benzene rings is 2. The molecule has 1 heterocycles. The van der Waals surface area contributed by atoms with E-state index in [0.29, 0.717) is 13.2 Å². The zero-order valence-corrected chi connectivity index (χ0v) is 16.6. The summed E-state index contributed by atoms with van der Waals surface area (Å²) in [5.74, 6) is 2.30. The first kappa shape index (κ1) is 18.5. The molecule has 0 spiro atoms. The lowest BCUT2D eigenvalue weighted by atomic mass is 10.1. The molecule has 4 rings (SSSR count). The third kappa shape index (κ3) is 4.19. The number of nitrogens with one attached hydrogen (secondary N) is 1. The average molecular weight is 377 g/mol. The minimum atomic E-state index is 0.181. The molecule has 1 fully saturated rings. The predicted octanol–water partition coefficient (Wildman–Crippen LogP) is 3.80. The number of fused-ring (bicyclic) bond motifs is 1. The van der Waals surface area contributed by atoms with Crippen molar-refractivity contribution in [1.29, 1.82) is 0 Å². The topological polar surface area (TPSA) is 56.1 Å². The summed E-state index contributed by atoms with van der Waals surface area (Å²) < 4.78 is 8.19. The van der Waals surface area contributed by atoms with Crippen LogP contribution in [0.3, 0.4) is 0 Å². The highest BCUT2D eigenvalue weighted by Crippen LogP contribution is 2.28. The zero-order chi connectivity index (χ0) is 19.5. The van der Waals surface area contributed by atoms with Crippen LogP contribution < -0.4 is 10.1 Å². The molecule has 0 radical (unpaired) electrons. The number of aryl methyl sites for hydroxylation is 2. The molecule has 5 nitrogen and oxygen atoms in total. The lowest BCUT2D eigenvalue weighted by Gasteiger charge is -2.12. The van der Waals surface area contributed by atoms with Gasteiger partial charge in [0.15, 0.2) is 0 Å². The van der Waals surface area contributed by atoms with E-state index in [1.54, 1.807) is 0 Å². The van der Waals surface area contributed by atoms with Crippen LogP contribution in [0.5, 0.6) is 5.75 Å². The third-order valence-electron chi connectivity index (χ3n) is 5.39. The number of rotatable bonds is 8. The largest absolute Gasteiger partial charge is 0.492 e. The molecule has 1 aromatic heterocycles. The van der Waals surface area contributed by atoms with Gasteiger partial charge in [0.25, 0.3) is 0 Å². The molecule has 2 aromatic carbocycles. The third-order valence-corrected chi connectivity index (χ3v) is 5.39. The smallest absolute Gasteiger partial charge is 0.223 e. The summed E-state index contributed by atoms with van der Waals surface area (Å²) in [7, 11) is 0. The van der Waals surface area contributed by atoms with Gasteiger partial charge in [-0.05, 0) is 62.1 Å². The Hall–Kier alpha value is -2.82. The summed E-state index contributed by atoms with van der Waals surface area (Å²) in [6, 6.07) is 14.3. The maximum atomic E-state index is 11.9. The number of aromatic nitrogens is 2. The minimum absolute atomic E-state index is 0.181. The van der Waals surface area contributed by atoms with Crippen molar-refractivity contribution in [2.75, 3.05) is 13.2 Å². The summed E-state index contributed by atoms with van der Waals surface area (Å²) in [5, 5.41) is 3.03. The van der Waals surface area contributed by atoms with Gasteiger partial charge in [-0.2, -0.15) is 0 Å². The van der Waals surface area contributed by atoms with Crippen molar-refractivity contribution in [1.82, 2.24) is 14.9 Å². The lowest BCUT2D eigenvalue weighted by molar-refractivity contribution is -0.122. The molecule has 1 saturated carbocycles. The molecule has 1 aliphatic rings. The van der Waals surface area contributed by atoms with E-state index < -0.39 is 0 Å². The zero-order valence-electron chi connectivity index (χ0n) is 16.6. The average Bonchev–Trinajstić information content (AvgIpc) is 3.48. The van der Waals surface area contributed by atoms with Crippen molar-refractivity contribution in [2.45, 2.75) is 39.7 Å². The highest BCUT2D eigenvalue weighted by Gasteiger charge is 2.29. The molecule has 3 aromatic rings. The molecule has 0 aliphatic heterocycles. The highest BCUT2D eigenvalue weighted by molar-refractivity contribution is 5.80. The molecule has 1 amide bonds. The number of para-hydroxylation sites is 2. The Bertz CT molecular complexity index is 989. The van der Waals surface area contributed by atoms with E-state index in [4.69, 9.17) is 9.72 Å². The van der Waals surface area contributed by atoms with Crippen LogP contribution in [-0.4, -0.2) is 28.6 Å². The Morgan fingerprint density at radius 3 is 2.79 bits per heavy atom. The monoisotopic (exact) mass is 377 g/mol. The van der Waals surface area contributed by atoms with Gasteiger partial charge < -0.3 is 14.6 Å². The maximum Gasteiger partial charge on any atom is 0.223 e. The number of nitrogens with zero attached hydrogens (tertiary/aromatic N) is 2. The first-order valence-electron chi connectivity index (χ1n) is 10.0. The van der Waals surface area contributed by atoms with E-state index in [-0.39, 0.29) is 11.8 Å². The van der Waals surface area contributed by atoms with Crippen LogP contribution in [0, 0.1) is 19.8 Å². The van der Waals surface area contributed by atoms with E-state index in [2.05, 4.69) is 41.9 Å². The van der Waals surface area contributed by atoms with Crippen molar-refractivity contribution in [3.05, 3.63) is 59.4 Å². The molecular formula is C23H27N3O2. The van der Waals surface area contributed by atoms with E-state index >= 15 is 0 Å². The molecule has 0 atom stereocenters. The fraction of sp³-hybridized carbons (Fsp3) is 0.391. The second kappa shape index (κ2) is 8.05. The Balaban J connectivity index is 1.43. The summed E-state index contributed by atoms with van der Waals surface area (Å²) >= 11 is 0. The molecular weight excluding hydrogens is 350 g/mol. The first-order chi connectivity index (χ1) is 13.6. The van der Waals surface area contributed by atoms with Gasteiger partial charge >= 0.3 is 0 Å². The number of hydrogen-bond donors (Lipinski definition) is 1.